The maximum Gasteiger partial charge on any atom is 0.289 e. The number of aliphatic hydroxyl groups excluding tert-OH is 1. The van der Waals surface area contributed by atoms with E-state index in [1.54, 1.807) is 17.0 Å². The molecule has 116 valence electrons. The molecule has 1 aromatic carbocycles. The summed E-state index contributed by atoms with van der Waals surface area (Å²) in [6.45, 7) is 3.42. The zero-order valence-electron chi connectivity index (χ0n) is 12.4. The van der Waals surface area contributed by atoms with E-state index >= 15 is 0 Å². The topological polar surface area (TPSA) is 56.9 Å². The Morgan fingerprint density at radius 1 is 1.09 bits per heavy atom. The minimum absolute atomic E-state index is 0.0618. The van der Waals surface area contributed by atoms with Crippen LogP contribution < -0.4 is 0 Å². The highest BCUT2D eigenvalue weighted by Gasteiger charge is 2.24. The van der Waals surface area contributed by atoms with Crippen molar-refractivity contribution in [3.63, 3.8) is 0 Å². The van der Waals surface area contributed by atoms with Gasteiger partial charge in [-0.25, -0.2) is 0 Å². The monoisotopic (exact) mass is 300 g/mol. The molecule has 5 heteroatoms. The second kappa shape index (κ2) is 6.77. The van der Waals surface area contributed by atoms with Crippen LogP contribution >= 0.6 is 0 Å². The summed E-state index contributed by atoms with van der Waals surface area (Å²) in [5, 5.41) is 10.3. The number of rotatable bonds is 4. The number of β-amino-alcohol motifs (C(OH)–C–C–N with tert-alkyl or cyclic N) is 1. The Morgan fingerprint density at radius 3 is 2.45 bits per heavy atom. The van der Waals surface area contributed by atoms with Crippen LogP contribution in [0.25, 0.3) is 0 Å². The van der Waals surface area contributed by atoms with Crippen LogP contribution in [0, 0.1) is 0 Å². The van der Waals surface area contributed by atoms with Crippen molar-refractivity contribution in [2.45, 2.75) is 6.10 Å². The fourth-order valence-electron chi connectivity index (χ4n) is 2.71. The Hall–Kier alpha value is -2.11. The van der Waals surface area contributed by atoms with Crippen LogP contribution in [0.4, 0.5) is 0 Å². The Morgan fingerprint density at radius 2 is 1.82 bits per heavy atom. The SMILES string of the molecule is O=C(c1ccco1)N1CCN(C[C@@H](O)c2ccccc2)CC1. The number of nitrogens with zero attached hydrogens (tertiary/aromatic N) is 2. The van der Waals surface area contributed by atoms with E-state index in [1.807, 2.05) is 30.3 Å². The molecule has 1 atom stereocenters. The van der Waals surface area contributed by atoms with Gasteiger partial charge < -0.3 is 14.4 Å². The number of amides is 1. The molecule has 2 aromatic rings. The van der Waals surface area contributed by atoms with Crippen LogP contribution in [0.15, 0.2) is 53.1 Å². The van der Waals surface area contributed by atoms with Crippen LogP contribution in [-0.2, 0) is 0 Å². The second-order valence-electron chi connectivity index (χ2n) is 5.50. The number of piperazine rings is 1. The van der Waals surface area contributed by atoms with E-state index in [4.69, 9.17) is 4.42 Å². The van der Waals surface area contributed by atoms with Gasteiger partial charge in [0.25, 0.3) is 5.91 Å². The maximum atomic E-state index is 12.2. The van der Waals surface area contributed by atoms with E-state index in [9.17, 15) is 9.90 Å². The molecule has 22 heavy (non-hydrogen) atoms. The molecule has 3 rings (SSSR count). The number of carbonyl (C=O) groups excluding carboxylic acids is 1. The largest absolute Gasteiger partial charge is 0.459 e. The van der Waals surface area contributed by atoms with E-state index in [2.05, 4.69) is 4.90 Å². The van der Waals surface area contributed by atoms with E-state index in [-0.39, 0.29) is 5.91 Å². The van der Waals surface area contributed by atoms with Crippen molar-refractivity contribution in [3.05, 3.63) is 60.1 Å². The zero-order chi connectivity index (χ0) is 15.4. The van der Waals surface area contributed by atoms with Gasteiger partial charge in [0.05, 0.1) is 12.4 Å². The average molecular weight is 300 g/mol. The summed E-state index contributed by atoms with van der Waals surface area (Å²) in [6.07, 6.45) is 1.02. The first kappa shape index (κ1) is 14.8. The number of hydrogen-bond donors (Lipinski definition) is 1. The Bertz CT molecular complexity index is 590. The molecule has 0 radical (unpaired) electrons. The molecule has 0 bridgehead atoms. The van der Waals surface area contributed by atoms with Gasteiger partial charge in [-0.15, -0.1) is 0 Å². The van der Waals surface area contributed by atoms with Gasteiger partial charge >= 0.3 is 0 Å². The van der Waals surface area contributed by atoms with Crippen molar-refractivity contribution in [1.82, 2.24) is 9.80 Å². The number of aliphatic hydroxyl groups is 1. The maximum absolute atomic E-state index is 12.2. The predicted octanol–water partition coefficient (Wildman–Crippen LogP) is 1.77. The molecule has 1 aliphatic heterocycles. The first-order valence-electron chi connectivity index (χ1n) is 7.52. The van der Waals surface area contributed by atoms with Crippen LogP contribution in [0.3, 0.4) is 0 Å². The van der Waals surface area contributed by atoms with Gasteiger partial charge in [-0.05, 0) is 17.7 Å². The smallest absolute Gasteiger partial charge is 0.289 e. The Labute approximate surface area is 129 Å². The summed E-state index contributed by atoms with van der Waals surface area (Å²) in [5.74, 6) is 0.325. The molecular formula is C17H20N2O3. The minimum Gasteiger partial charge on any atom is -0.459 e. The molecule has 5 nitrogen and oxygen atoms in total. The zero-order valence-corrected chi connectivity index (χ0v) is 12.4. The fraction of sp³-hybridized carbons (Fsp3) is 0.353. The molecule has 1 saturated heterocycles. The van der Waals surface area contributed by atoms with Crippen LogP contribution in [0.5, 0.6) is 0 Å². The number of benzene rings is 1. The van der Waals surface area contributed by atoms with Crippen LogP contribution in [0.2, 0.25) is 0 Å². The highest BCUT2D eigenvalue weighted by molar-refractivity contribution is 5.91. The molecule has 1 aliphatic rings. The molecule has 2 heterocycles. The fourth-order valence-corrected chi connectivity index (χ4v) is 2.71. The molecule has 1 fully saturated rings. The van der Waals surface area contributed by atoms with Crippen LogP contribution in [0.1, 0.15) is 22.2 Å². The molecule has 0 aliphatic carbocycles. The minimum atomic E-state index is -0.492. The number of furan rings is 1. The normalized spacial score (nSPS) is 17.4. The van der Waals surface area contributed by atoms with Crippen molar-refractivity contribution in [2.75, 3.05) is 32.7 Å². The second-order valence-corrected chi connectivity index (χ2v) is 5.50. The summed E-state index contributed by atoms with van der Waals surface area (Å²) in [5.41, 5.74) is 0.927. The van der Waals surface area contributed by atoms with Gasteiger partial charge in [0.1, 0.15) is 0 Å². The van der Waals surface area contributed by atoms with E-state index in [1.165, 1.54) is 6.26 Å². The van der Waals surface area contributed by atoms with E-state index in [0.717, 1.165) is 18.7 Å². The molecule has 1 amide bonds. The molecule has 1 N–H and O–H groups in total. The van der Waals surface area contributed by atoms with Crippen molar-refractivity contribution in [1.29, 1.82) is 0 Å². The van der Waals surface area contributed by atoms with Crippen LogP contribution in [-0.4, -0.2) is 53.5 Å². The lowest BCUT2D eigenvalue weighted by Crippen LogP contribution is -2.49. The number of carbonyl (C=O) groups is 1. The van der Waals surface area contributed by atoms with Gasteiger partial charge in [-0.2, -0.15) is 0 Å². The number of hydrogen-bond acceptors (Lipinski definition) is 4. The van der Waals surface area contributed by atoms with Crippen molar-refractivity contribution >= 4 is 5.91 Å². The van der Waals surface area contributed by atoms with Crippen molar-refractivity contribution in [3.8, 4) is 0 Å². The van der Waals surface area contributed by atoms with E-state index in [0.29, 0.717) is 25.4 Å². The molecule has 1 aromatic heterocycles. The average Bonchev–Trinajstić information content (AvgIpc) is 3.10. The third kappa shape index (κ3) is 3.37. The lowest BCUT2D eigenvalue weighted by molar-refractivity contribution is 0.0503. The van der Waals surface area contributed by atoms with Gasteiger partial charge in [-0.1, -0.05) is 30.3 Å². The summed E-state index contributed by atoms with van der Waals surface area (Å²) in [7, 11) is 0. The van der Waals surface area contributed by atoms with Gasteiger partial charge in [-0.3, -0.25) is 9.69 Å². The Balaban J connectivity index is 1.51. The lowest BCUT2D eigenvalue weighted by Gasteiger charge is -2.35. The Kier molecular flexibility index (Phi) is 4.56. The summed E-state index contributed by atoms with van der Waals surface area (Å²) in [6, 6.07) is 13.1. The molecule has 0 saturated carbocycles. The lowest BCUT2D eigenvalue weighted by atomic mass is 10.1. The summed E-state index contributed by atoms with van der Waals surface area (Å²) in [4.78, 5) is 16.2. The van der Waals surface area contributed by atoms with Gasteiger partial charge in [0.15, 0.2) is 5.76 Å². The third-order valence-corrected chi connectivity index (χ3v) is 4.01. The first-order chi connectivity index (χ1) is 10.7. The summed E-state index contributed by atoms with van der Waals surface area (Å²) < 4.78 is 5.15. The van der Waals surface area contributed by atoms with Crippen molar-refractivity contribution in [2.24, 2.45) is 0 Å². The molecular weight excluding hydrogens is 280 g/mol. The highest BCUT2D eigenvalue weighted by atomic mass is 16.3. The highest BCUT2D eigenvalue weighted by Crippen LogP contribution is 2.16. The van der Waals surface area contributed by atoms with Crippen molar-refractivity contribution < 1.29 is 14.3 Å². The standard InChI is InChI=1S/C17H20N2O3/c20-15(14-5-2-1-3-6-14)13-18-8-10-19(11-9-18)17(21)16-7-4-12-22-16/h1-7,12,15,20H,8-11,13H2/t15-/m1/s1. The van der Waals surface area contributed by atoms with Gasteiger partial charge in [0, 0.05) is 32.7 Å². The quantitative estimate of drug-likeness (QED) is 0.935. The van der Waals surface area contributed by atoms with Gasteiger partial charge in [0.2, 0.25) is 0 Å². The molecule has 0 unspecified atom stereocenters. The first-order valence-corrected chi connectivity index (χ1v) is 7.52. The third-order valence-electron chi connectivity index (χ3n) is 4.01. The summed E-state index contributed by atoms with van der Waals surface area (Å²) >= 11 is 0. The molecule has 0 spiro atoms. The predicted molar refractivity (Wildman–Crippen MR) is 82.5 cm³/mol. The van der Waals surface area contributed by atoms with E-state index < -0.39 is 6.10 Å².